The number of ether oxygens (including phenoxy) is 1. The van der Waals surface area contributed by atoms with E-state index < -0.39 is 11.8 Å². The number of aromatic nitrogens is 2. The van der Waals surface area contributed by atoms with Gasteiger partial charge in [-0.05, 0) is 56.6 Å². The summed E-state index contributed by atoms with van der Waals surface area (Å²) in [6, 6.07) is 12.5. The zero-order chi connectivity index (χ0) is 28.1. The molecule has 0 aliphatic heterocycles. The number of carbonyl (C=O) groups excluding carboxylic acids is 3. The predicted octanol–water partition coefficient (Wildman–Crippen LogP) is 4.02. The number of methoxy groups -OCH3 is 1. The normalized spacial score (nSPS) is 10.9. The number of hydrogen-bond donors (Lipinski definition) is 2. The number of furan rings is 1. The van der Waals surface area contributed by atoms with Crippen LogP contribution < -0.4 is 15.4 Å². The molecular formula is C27H27ClN6O5. The molecule has 3 heterocycles. The molecule has 202 valence electrons. The summed E-state index contributed by atoms with van der Waals surface area (Å²) in [4.78, 5) is 51.0. The Hall–Kier alpha value is -4.48. The van der Waals surface area contributed by atoms with Crippen molar-refractivity contribution < 1.29 is 23.5 Å². The molecule has 1 aromatic carbocycles. The quantitative estimate of drug-likeness (QED) is 0.319. The van der Waals surface area contributed by atoms with Crippen LogP contribution in [-0.2, 0) is 0 Å². The summed E-state index contributed by atoms with van der Waals surface area (Å²) in [6.45, 7) is 1.29. The molecule has 0 spiro atoms. The Kier molecular flexibility index (Phi) is 8.43. The topological polar surface area (TPSA) is 130 Å². The van der Waals surface area contributed by atoms with Gasteiger partial charge in [0.05, 0.1) is 12.1 Å². The van der Waals surface area contributed by atoms with Crippen LogP contribution in [0.2, 0.25) is 5.02 Å². The highest BCUT2D eigenvalue weighted by atomic mass is 35.5. The van der Waals surface area contributed by atoms with Gasteiger partial charge in [-0.25, -0.2) is 9.97 Å². The van der Waals surface area contributed by atoms with Crippen molar-refractivity contribution in [3.05, 3.63) is 76.6 Å². The summed E-state index contributed by atoms with van der Waals surface area (Å²) in [7, 11) is 7.05. The number of fused-ring (bicyclic) bond motifs is 1. The van der Waals surface area contributed by atoms with Crippen LogP contribution >= 0.6 is 11.6 Å². The third-order valence-corrected chi connectivity index (χ3v) is 5.98. The molecule has 12 heteroatoms. The number of pyridine rings is 2. The molecule has 39 heavy (non-hydrogen) atoms. The lowest BCUT2D eigenvalue weighted by Gasteiger charge is -2.19. The van der Waals surface area contributed by atoms with Gasteiger partial charge in [0.25, 0.3) is 17.7 Å². The van der Waals surface area contributed by atoms with E-state index in [0.29, 0.717) is 17.1 Å². The average Bonchev–Trinajstić information content (AvgIpc) is 3.30. The summed E-state index contributed by atoms with van der Waals surface area (Å²) in [5.74, 6) is -1.00. The average molecular weight is 551 g/mol. The van der Waals surface area contributed by atoms with E-state index in [9.17, 15) is 14.4 Å². The molecule has 0 radical (unpaired) electrons. The minimum atomic E-state index is -0.654. The maximum absolute atomic E-state index is 13.2. The summed E-state index contributed by atoms with van der Waals surface area (Å²) in [5, 5.41) is 5.76. The number of rotatable bonds is 9. The first-order valence-electron chi connectivity index (χ1n) is 11.9. The molecule has 3 amide bonds. The summed E-state index contributed by atoms with van der Waals surface area (Å²) in [6.07, 6.45) is 1.39. The number of amides is 3. The van der Waals surface area contributed by atoms with Crippen LogP contribution in [0.4, 0.5) is 11.5 Å². The van der Waals surface area contributed by atoms with Gasteiger partial charge in [-0.2, -0.15) is 0 Å². The lowest BCUT2D eigenvalue weighted by Crippen LogP contribution is -2.33. The number of anilines is 2. The summed E-state index contributed by atoms with van der Waals surface area (Å²) in [5.41, 5.74) is 1.27. The molecular weight excluding hydrogens is 524 g/mol. The van der Waals surface area contributed by atoms with Crippen molar-refractivity contribution in [1.29, 1.82) is 0 Å². The third-order valence-electron chi connectivity index (χ3n) is 5.75. The van der Waals surface area contributed by atoms with Gasteiger partial charge in [0.1, 0.15) is 17.0 Å². The number of likely N-dealkylation sites (N-methyl/N-ethyl adjacent to an activating group) is 2. The van der Waals surface area contributed by atoms with Gasteiger partial charge in [-0.3, -0.25) is 14.4 Å². The van der Waals surface area contributed by atoms with E-state index in [4.69, 9.17) is 20.8 Å². The first-order valence-corrected chi connectivity index (χ1v) is 12.3. The molecule has 2 N–H and O–H groups in total. The second-order valence-electron chi connectivity index (χ2n) is 8.88. The van der Waals surface area contributed by atoms with Crippen LogP contribution in [0.1, 0.15) is 31.3 Å². The zero-order valence-corrected chi connectivity index (χ0v) is 22.6. The second kappa shape index (κ2) is 11.9. The molecule has 4 aromatic rings. The van der Waals surface area contributed by atoms with Crippen molar-refractivity contribution >= 4 is 51.9 Å². The minimum Gasteiger partial charge on any atom is -0.481 e. The number of halogens is 1. The van der Waals surface area contributed by atoms with E-state index in [-0.39, 0.29) is 45.7 Å². The Morgan fingerprint density at radius 1 is 0.923 bits per heavy atom. The molecule has 0 saturated carbocycles. The van der Waals surface area contributed by atoms with E-state index >= 15 is 0 Å². The Morgan fingerprint density at radius 3 is 2.28 bits per heavy atom. The van der Waals surface area contributed by atoms with Crippen molar-refractivity contribution in [2.45, 2.75) is 0 Å². The molecule has 0 unspecified atom stereocenters. The lowest BCUT2D eigenvalue weighted by molar-refractivity contribution is 0.0785. The molecule has 0 bridgehead atoms. The predicted molar refractivity (Wildman–Crippen MR) is 148 cm³/mol. The molecule has 0 fully saturated rings. The van der Waals surface area contributed by atoms with Gasteiger partial charge in [-0.1, -0.05) is 11.6 Å². The Labute approximate surface area is 229 Å². The highest BCUT2D eigenvalue weighted by Gasteiger charge is 2.25. The van der Waals surface area contributed by atoms with Crippen molar-refractivity contribution in [3.63, 3.8) is 0 Å². The molecule has 0 aliphatic carbocycles. The number of benzene rings is 1. The maximum atomic E-state index is 13.2. The smallest absolute Gasteiger partial charge is 0.294 e. The number of carbonyl (C=O) groups is 3. The van der Waals surface area contributed by atoms with Gasteiger partial charge in [0, 0.05) is 43.5 Å². The maximum Gasteiger partial charge on any atom is 0.294 e. The van der Waals surface area contributed by atoms with Crippen molar-refractivity contribution in [1.82, 2.24) is 19.8 Å². The standard InChI is InChI=1S/C27H27ClN6O5/c1-33(2)13-14-34(3)27(37)17-7-5-16(6-8-17)25(35)32-23-22-19(10-12-21(31-22)38-4)39-24(23)26(36)30-20-11-9-18(28)15-29-20/h5-12,15H,13-14H2,1-4H3,(H,32,35)(H,29,30,36). The largest absolute Gasteiger partial charge is 0.481 e. The summed E-state index contributed by atoms with van der Waals surface area (Å²) >= 11 is 5.87. The van der Waals surface area contributed by atoms with E-state index in [0.717, 1.165) is 6.54 Å². The first kappa shape index (κ1) is 27.6. The van der Waals surface area contributed by atoms with Crippen LogP contribution in [0.15, 0.2) is 59.1 Å². The molecule has 11 nitrogen and oxygen atoms in total. The molecule has 3 aromatic heterocycles. The van der Waals surface area contributed by atoms with Crippen LogP contribution in [-0.4, -0.2) is 78.8 Å². The second-order valence-corrected chi connectivity index (χ2v) is 9.32. The van der Waals surface area contributed by atoms with Crippen molar-refractivity contribution in [3.8, 4) is 5.88 Å². The van der Waals surface area contributed by atoms with E-state index in [1.165, 1.54) is 31.5 Å². The van der Waals surface area contributed by atoms with Crippen LogP contribution in [0, 0.1) is 0 Å². The van der Waals surface area contributed by atoms with Gasteiger partial charge >= 0.3 is 0 Å². The fourth-order valence-electron chi connectivity index (χ4n) is 3.59. The molecule has 0 saturated heterocycles. The van der Waals surface area contributed by atoms with Gasteiger partial charge in [-0.15, -0.1) is 0 Å². The van der Waals surface area contributed by atoms with Gasteiger partial charge < -0.3 is 29.6 Å². The Balaban J connectivity index is 1.59. The van der Waals surface area contributed by atoms with Gasteiger partial charge in [0.2, 0.25) is 11.6 Å². The number of nitrogens with zero attached hydrogens (tertiary/aromatic N) is 4. The fourth-order valence-corrected chi connectivity index (χ4v) is 3.70. The highest BCUT2D eigenvalue weighted by Crippen LogP contribution is 2.32. The van der Waals surface area contributed by atoms with Crippen LogP contribution in [0.5, 0.6) is 5.88 Å². The third kappa shape index (κ3) is 6.51. The fraction of sp³-hybridized carbons (Fsp3) is 0.222. The highest BCUT2D eigenvalue weighted by molar-refractivity contribution is 6.30. The summed E-state index contributed by atoms with van der Waals surface area (Å²) < 4.78 is 11.0. The number of nitrogens with one attached hydrogen (secondary N) is 2. The number of hydrogen-bond acceptors (Lipinski definition) is 8. The van der Waals surface area contributed by atoms with Crippen LogP contribution in [0.3, 0.4) is 0 Å². The van der Waals surface area contributed by atoms with E-state index in [1.54, 1.807) is 42.3 Å². The SMILES string of the molecule is COc1ccc2oc(C(=O)Nc3ccc(Cl)cn3)c(NC(=O)c3ccc(C(=O)N(C)CCN(C)C)cc3)c2n1. The first-order chi connectivity index (χ1) is 18.7. The molecule has 0 atom stereocenters. The molecule has 0 aliphatic rings. The lowest BCUT2D eigenvalue weighted by atomic mass is 10.1. The van der Waals surface area contributed by atoms with Gasteiger partial charge in [0.15, 0.2) is 5.58 Å². The van der Waals surface area contributed by atoms with E-state index in [2.05, 4.69) is 20.6 Å². The Bertz CT molecular complexity index is 1500. The zero-order valence-electron chi connectivity index (χ0n) is 21.8. The van der Waals surface area contributed by atoms with E-state index in [1.807, 2.05) is 19.0 Å². The minimum absolute atomic E-state index is 0.0592. The molecule has 4 rings (SSSR count). The van der Waals surface area contributed by atoms with Crippen molar-refractivity contribution in [2.24, 2.45) is 0 Å². The monoisotopic (exact) mass is 550 g/mol. The Morgan fingerprint density at radius 2 is 1.64 bits per heavy atom. The van der Waals surface area contributed by atoms with Crippen molar-refractivity contribution in [2.75, 3.05) is 52.0 Å². The van der Waals surface area contributed by atoms with Crippen LogP contribution in [0.25, 0.3) is 11.1 Å².